The van der Waals surface area contributed by atoms with Crippen LogP contribution >= 0.6 is 0 Å². The minimum Gasteiger partial charge on any atom is -0.491 e. The van der Waals surface area contributed by atoms with Crippen LogP contribution < -0.4 is 10.1 Å². The predicted molar refractivity (Wildman–Crippen MR) is 101 cm³/mol. The summed E-state index contributed by atoms with van der Waals surface area (Å²) in [5, 5.41) is 3.46. The smallest absolute Gasteiger partial charge is 0.204 e. The number of hydrogen-bond acceptors (Lipinski definition) is 4. The van der Waals surface area contributed by atoms with E-state index in [1.807, 2.05) is 18.2 Å². The molecule has 0 aliphatic heterocycles. The third kappa shape index (κ3) is 3.94. The number of benzene rings is 2. The van der Waals surface area contributed by atoms with Gasteiger partial charge in [0.05, 0.1) is 17.6 Å². The van der Waals surface area contributed by atoms with Gasteiger partial charge in [-0.2, -0.15) is 0 Å². The number of methoxy groups -OCH3 is 1. The molecule has 3 rings (SSSR count). The number of para-hydroxylation sites is 1. The molecule has 0 spiro atoms. The number of ether oxygens (including phenoxy) is 2. The van der Waals surface area contributed by atoms with Gasteiger partial charge in [-0.1, -0.05) is 24.3 Å². The fourth-order valence-electron chi connectivity index (χ4n) is 2.89. The van der Waals surface area contributed by atoms with Crippen LogP contribution in [-0.2, 0) is 17.8 Å². The first kappa shape index (κ1) is 17.3. The monoisotopic (exact) mass is 339 g/mol. The highest BCUT2D eigenvalue weighted by Gasteiger charge is 2.10. The number of aromatic nitrogens is 2. The Morgan fingerprint density at radius 2 is 1.96 bits per heavy atom. The van der Waals surface area contributed by atoms with Gasteiger partial charge in [0.25, 0.3) is 0 Å². The number of hydrogen-bond donors (Lipinski definition) is 1. The highest BCUT2D eigenvalue weighted by molar-refractivity contribution is 5.79. The third-order valence-corrected chi connectivity index (χ3v) is 4.17. The van der Waals surface area contributed by atoms with E-state index >= 15 is 0 Å². The molecule has 0 saturated carbocycles. The Kier molecular flexibility index (Phi) is 5.56. The van der Waals surface area contributed by atoms with E-state index in [1.54, 1.807) is 7.11 Å². The molecule has 0 saturated heterocycles. The molecule has 0 radical (unpaired) electrons. The standard InChI is InChI=1S/C20H25N3O2/c1-4-23-18-10-9-15(2)13-17(18)22-20(23)21-14-16-7-5-6-8-19(16)25-12-11-24-3/h5-10,13H,4,11-12,14H2,1-3H3,(H,21,22). The van der Waals surface area contributed by atoms with Gasteiger partial charge in [0.1, 0.15) is 12.4 Å². The minimum atomic E-state index is 0.542. The summed E-state index contributed by atoms with van der Waals surface area (Å²) in [6.45, 7) is 6.87. The first-order valence-corrected chi connectivity index (χ1v) is 8.63. The SMILES string of the molecule is CCn1c(NCc2ccccc2OCCOC)nc2cc(C)ccc21. The van der Waals surface area contributed by atoms with Gasteiger partial charge >= 0.3 is 0 Å². The maximum atomic E-state index is 5.80. The summed E-state index contributed by atoms with van der Waals surface area (Å²) >= 11 is 0. The quantitative estimate of drug-likeness (QED) is 0.630. The maximum Gasteiger partial charge on any atom is 0.204 e. The fraction of sp³-hybridized carbons (Fsp3) is 0.350. The second kappa shape index (κ2) is 8.03. The van der Waals surface area contributed by atoms with Crippen molar-refractivity contribution in [2.75, 3.05) is 25.6 Å². The molecule has 0 amide bonds. The lowest BCUT2D eigenvalue weighted by molar-refractivity contribution is 0.146. The van der Waals surface area contributed by atoms with Crippen molar-refractivity contribution in [3.63, 3.8) is 0 Å². The zero-order valence-corrected chi connectivity index (χ0v) is 15.1. The maximum absolute atomic E-state index is 5.80. The zero-order chi connectivity index (χ0) is 17.6. The van der Waals surface area contributed by atoms with E-state index in [2.05, 4.69) is 48.0 Å². The number of fused-ring (bicyclic) bond motifs is 1. The van der Waals surface area contributed by atoms with E-state index in [1.165, 1.54) is 5.56 Å². The van der Waals surface area contributed by atoms with E-state index in [0.717, 1.165) is 34.8 Å². The molecular formula is C20H25N3O2. The molecule has 0 unspecified atom stereocenters. The number of anilines is 1. The largest absolute Gasteiger partial charge is 0.491 e. The Morgan fingerprint density at radius 3 is 2.76 bits per heavy atom. The molecule has 2 aromatic carbocycles. The van der Waals surface area contributed by atoms with E-state index in [4.69, 9.17) is 14.5 Å². The lowest BCUT2D eigenvalue weighted by atomic mass is 10.2. The number of rotatable bonds is 8. The van der Waals surface area contributed by atoms with Gasteiger partial charge in [-0.15, -0.1) is 0 Å². The molecule has 0 fully saturated rings. The second-order valence-corrected chi connectivity index (χ2v) is 5.97. The lowest BCUT2D eigenvalue weighted by Crippen LogP contribution is -2.10. The van der Waals surface area contributed by atoms with Crippen LogP contribution in [0.15, 0.2) is 42.5 Å². The molecule has 0 aliphatic rings. The van der Waals surface area contributed by atoms with E-state index in [0.29, 0.717) is 19.8 Å². The van der Waals surface area contributed by atoms with Crippen molar-refractivity contribution in [3.05, 3.63) is 53.6 Å². The minimum absolute atomic E-state index is 0.542. The first-order chi connectivity index (χ1) is 12.2. The Labute approximate surface area is 148 Å². The van der Waals surface area contributed by atoms with Crippen LogP contribution in [0.2, 0.25) is 0 Å². The molecule has 132 valence electrons. The van der Waals surface area contributed by atoms with Gasteiger partial charge in [0, 0.05) is 25.8 Å². The molecule has 1 N–H and O–H groups in total. The summed E-state index contributed by atoms with van der Waals surface area (Å²) in [6, 6.07) is 14.4. The predicted octanol–water partition coefficient (Wildman–Crippen LogP) is 4.00. The topological polar surface area (TPSA) is 48.3 Å². The van der Waals surface area contributed by atoms with Crippen LogP contribution in [0.25, 0.3) is 11.0 Å². The van der Waals surface area contributed by atoms with Gasteiger partial charge in [-0.05, 0) is 37.6 Å². The fourth-order valence-corrected chi connectivity index (χ4v) is 2.89. The van der Waals surface area contributed by atoms with Crippen LogP contribution in [0.5, 0.6) is 5.75 Å². The molecule has 5 heteroatoms. The highest BCUT2D eigenvalue weighted by Crippen LogP contribution is 2.23. The molecule has 0 atom stereocenters. The molecule has 25 heavy (non-hydrogen) atoms. The molecule has 0 bridgehead atoms. The third-order valence-electron chi connectivity index (χ3n) is 4.17. The molecule has 3 aromatic rings. The van der Waals surface area contributed by atoms with Crippen LogP contribution in [0.1, 0.15) is 18.1 Å². The van der Waals surface area contributed by atoms with E-state index in [9.17, 15) is 0 Å². The Balaban J connectivity index is 1.79. The first-order valence-electron chi connectivity index (χ1n) is 8.63. The summed E-state index contributed by atoms with van der Waals surface area (Å²) in [7, 11) is 1.67. The van der Waals surface area contributed by atoms with Crippen LogP contribution in [0.4, 0.5) is 5.95 Å². The summed E-state index contributed by atoms with van der Waals surface area (Å²) in [4.78, 5) is 4.76. The van der Waals surface area contributed by atoms with Gasteiger partial charge in [0.2, 0.25) is 5.95 Å². The van der Waals surface area contributed by atoms with Crippen LogP contribution in [0.3, 0.4) is 0 Å². The molecular weight excluding hydrogens is 314 g/mol. The van der Waals surface area contributed by atoms with E-state index < -0.39 is 0 Å². The number of imidazole rings is 1. The van der Waals surface area contributed by atoms with Crippen LogP contribution in [0, 0.1) is 6.92 Å². The van der Waals surface area contributed by atoms with Crippen molar-refractivity contribution in [1.82, 2.24) is 9.55 Å². The van der Waals surface area contributed by atoms with Crippen molar-refractivity contribution in [2.45, 2.75) is 26.9 Å². The van der Waals surface area contributed by atoms with Gasteiger partial charge in [-0.25, -0.2) is 4.98 Å². The molecule has 0 aliphatic carbocycles. The van der Waals surface area contributed by atoms with Gasteiger partial charge in [-0.3, -0.25) is 0 Å². The average Bonchev–Trinajstić information content (AvgIpc) is 2.97. The second-order valence-electron chi connectivity index (χ2n) is 5.97. The van der Waals surface area contributed by atoms with Crippen molar-refractivity contribution in [1.29, 1.82) is 0 Å². The van der Waals surface area contributed by atoms with Gasteiger partial charge < -0.3 is 19.4 Å². The van der Waals surface area contributed by atoms with E-state index in [-0.39, 0.29) is 0 Å². The summed E-state index contributed by atoms with van der Waals surface area (Å²) < 4.78 is 13.1. The summed E-state index contributed by atoms with van der Waals surface area (Å²) in [5.74, 6) is 1.76. The normalized spacial score (nSPS) is 11.0. The number of nitrogens with one attached hydrogen (secondary N) is 1. The molecule has 1 aromatic heterocycles. The molecule has 1 heterocycles. The Morgan fingerprint density at radius 1 is 1.12 bits per heavy atom. The summed E-state index contributed by atoms with van der Waals surface area (Å²) in [6.07, 6.45) is 0. The number of aryl methyl sites for hydroxylation is 2. The number of nitrogens with zero attached hydrogens (tertiary/aromatic N) is 2. The van der Waals surface area contributed by atoms with Crippen molar-refractivity contribution >= 4 is 17.0 Å². The van der Waals surface area contributed by atoms with Crippen molar-refractivity contribution in [2.24, 2.45) is 0 Å². The Bertz CT molecular complexity index is 842. The van der Waals surface area contributed by atoms with Crippen LogP contribution in [-0.4, -0.2) is 29.9 Å². The highest BCUT2D eigenvalue weighted by atomic mass is 16.5. The summed E-state index contributed by atoms with van der Waals surface area (Å²) in [5.41, 5.74) is 4.50. The average molecular weight is 339 g/mol. The van der Waals surface area contributed by atoms with Crippen molar-refractivity contribution < 1.29 is 9.47 Å². The lowest BCUT2D eigenvalue weighted by Gasteiger charge is -2.13. The van der Waals surface area contributed by atoms with Crippen molar-refractivity contribution in [3.8, 4) is 5.75 Å². The Hall–Kier alpha value is -2.53. The molecule has 5 nitrogen and oxygen atoms in total. The zero-order valence-electron chi connectivity index (χ0n) is 15.1. The van der Waals surface area contributed by atoms with Gasteiger partial charge in [0.15, 0.2) is 0 Å².